The van der Waals surface area contributed by atoms with Crippen molar-refractivity contribution in [3.63, 3.8) is 0 Å². The highest BCUT2D eigenvalue weighted by molar-refractivity contribution is 7.97. The molecule has 0 amide bonds. The predicted octanol–water partition coefficient (Wildman–Crippen LogP) is 15.2. The van der Waals surface area contributed by atoms with Crippen molar-refractivity contribution in [3.8, 4) is 11.5 Å². The zero-order valence-electron chi connectivity index (χ0n) is 46.8. The first-order valence-corrected chi connectivity index (χ1v) is 36.6. The van der Waals surface area contributed by atoms with E-state index in [2.05, 4.69) is 86.6 Å². The van der Waals surface area contributed by atoms with Crippen LogP contribution in [0.25, 0.3) is 21.5 Å². The van der Waals surface area contributed by atoms with Gasteiger partial charge in [0.05, 0.1) is 13.2 Å². The third kappa shape index (κ3) is 11.8. The summed E-state index contributed by atoms with van der Waals surface area (Å²) in [6.07, 6.45) is 19.6. The van der Waals surface area contributed by atoms with E-state index in [9.17, 15) is 43.5 Å². The molecule has 2 saturated heterocycles. The summed E-state index contributed by atoms with van der Waals surface area (Å²) in [6.45, 7) is 6.05. The predicted molar refractivity (Wildman–Crippen MR) is 311 cm³/mol. The number of unbranched alkanes of at least 4 members (excludes halogenated alkanes) is 2. The van der Waals surface area contributed by atoms with Crippen molar-refractivity contribution in [3.05, 3.63) is 72.8 Å². The molecule has 8 nitrogen and oxygen atoms in total. The lowest BCUT2D eigenvalue weighted by Gasteiger charge is -2.39. The molecule has 8 aliphatic carbocycles. The summed E-state index contributed by atoms with van der Waals surface area (Å²) in [5, 5.41) is -2.77. The van der Waals surface area contributed by atoms with Gasteiger partial charge in [-0.2, -0.15) is 17.6 Å². The van der Waals surface area contributed by atoms with Gasteiger partial charge in [-0.3, -0.25) is 0 Å². The molecule has 10 fully saturated rings. The molecular weight excluding hydrogens is 1100 g/mol. The average molecular weight is 1190 g/mol. The van der Waals surface area contributed by atoms with Gasteiger partial charge < -0.3 is 18.6 Å². The van der Waals surface area contributed by atoms with Crippen LogP contribution >= 0.6 is 0 Å². The highest BCUT2D eigenvalue weighted by Gasteiger charge is 2.65. The van der Waals surface area contributed by atoms with Crippen LogP contribution in [-0.2, 0) is 42.0 Å². The summed E-state index contributed by atoms with van der Waals surface area (Å²) in [4.78, 5) is 3.11. The molecule has 2 heterocycles. The standard InChI is InChI=1S/2C18H23OS.2C14H20F2O3S/c2*1-2-3-12-19-17-10-11-18(20-13-6-7-14-20)16-9-5-4-8-15(16)17;2*15-14(16,20(17,18)19)6-10-4-9-5-11(10)13-8-2-1-7(3-8)12(9)13/h2*4-5,8-11H,2-3,6-7,12-14H2,1H3;2*7-13H,1-6H2,(H,17,18,19)/q2*+1;;/p-2. The van der Waals surface area contributed by atoms with E-state index in [0.29, 0.717) is 82.0 Å². The number of ether oxygens (including phenoxy) is 2. The smallest absolute Gasteiger partial charge is 0.334 e. The van der Waals surface area contributed by atoms with Gasteiger partial charge >= 0.3 is 10.5 Å². The largest absolute Gasteiger partial charge is 0.743 e. The summed E-state index contributed by atoms with van der Waals surface area (Å²) in [7, 11) is -10.1. The summed E-state index contributed by atoms with van der Waals surface area (Å²) in [6, 6.07) is 26.5. The Hall–Kier alpha value is -2.76. The van der Waals surface area contributed by atoms with E-state index in [1.807, 2.05) is 0 Å². The molecule has 0 spiro atoms. The van der Waals surface area contributed by atoms with Crippen LogP contribution in [0, 0.1) is 82.9 Å². The Morgan fingerprint density at radius 3 is 1.18 bits per heavy atom. The SMILES string of the molecule is CCCCOc1ccc([S+]2CCCC2)c2ccccc12.CCCCOc1ccc([S+]2CCCC2)c2ccccc12.O=S(=O)([O-])C(F)(F)CC1CC2CC1C1C3CCC(C3)C21.O=S(=O)([O-])C(F)(F)CC1CC2CC1C1C3CCC(C3)C21. The van der Waals surface area contributed by atoms with E-state index >= 15 is 0 Å². The monoisotopic (exact) mass is 1180 g/mol. The second-order valence-corrected chi connectivity index (χ2v) is 33.2. The van der Waals surface area contributed by atoms with Crippen molar-refractivity contribution < 1.29 is 53.0 Å². The van der Waals surface area contributed by atoms with Crippen LogP contribution in [0.5, 0.6) is 11.5 Å². The molecule has 0 aromatic heterocycles. The van der Waals surface area contributed by atoms with Crippen molar-refractivity contribution >= 4 is 63.6 Å². The molecule has 14 rings (SSSR count). The topological polar surface area (TPSA) is 133 Å². The van der Waals surface area contributed by atoms with Crippen LogP contribution < -0.4 is 9.47 Å². The van der Waals surface area contributed by atoms with Crippen LogP contribution in [-0.4, -0.2) is 72.7 Å². The van der Waals surface area contributed by atoms with E-state index in [-0.39, 0.29) is 23.7 Å². The first-order chi connectivity index (χ1) is 38.4. The molecule has 8 saturated carbocycles. The highest BCUT2D eigenvalue weighted by atomic mass is 32.2. The summed E-state index contributed by atoms with van der Waals surface area (Å²) >= 11 is 0. The van der Waals surface area contributed by atoms with Crippen molar-refractivity contribution in [2.45, 2.75) is 163 Å². The highest BCUT2D eigenvalue weighted by Crippen LogP contribution is 2.71. The number of hydrogen-bond acceptors (Lipinski definition) is 8. The minimum Gasteiger partial charge on any atom is -0.743 e. The van der Waals surface area contributed by atoms with Crippen LogP contribution in [0.2, 0.25) is 0 Å². The Bertz CT molecular complexity index is 2820. The number of rotatable bonds is 16. The van der Waals surface area contributed by atoms with Crippen molar-refractivity contribution in [2.75, 3.05) is 36.2 Å². The molecule has 80 heavy (non-hydrogen) atoms. The molecule has 4 aromatic rings. The van der Waals surface area contributed by atoms with Gasteiger partial charge in [0.25, 0.3) is 0 Å². The van der Waals surface area contributed by atoms with Gasteiger partial charge in [0.2, 0.25) is 0 Å². The van der Waals surface area contributed by atoms with Crippen LogP contribution in [0.15, 0.2) is 82.6 Å². The fourth-order valence-corrected chi connectivity index (χ4v) is 24.2. The van der Waals surface area contributed by atoms with Crippen LogP contribution in [0.3, 0.4) is 0 Å². The number of benzene rings is 4. The van der Waals surface area contributed by atoms with Crippen molar-refractivity contribution in [2.24, 2.45) is 82.9 Å². The van der Waals surface area contributed by atoms with Gasteiger partial charge in [0.15, 0.2) is 30.0 Å². The van der Waals surface area contributed by atoms with Gasteiger partial charge in [-0.25, -0.2) is 16.8 Å². The lowest BCUT2D eigenvalue weighted by Crippen LogP contribution is -2.37. The number of alkyl halides is 4. The van der Waals surface area contributed by atoms with E-state index < -0.39 is 43.6 Å². The quantitative estimate of drug-likeness (QED) is 0.0356. The molecule has 2 aliphatic heterocycles. The fraction of sp³-hybridized carbons (Fsp3) is 0.688. The Balaban J connectivity index is 0.000000112. The maximum Gasteiger partial charge on any atom is 0.334 e. The molecule has 16 heteroatoms. The Kier molecular flexibility index (Phi) is 17.9. The Morgan fingerprint density at radius 2 is 0.825 bits per heavy atom. The normalized spacial score (nSPS) is 32.9. The maximum absolute atomic E-state index is 13.5. The molecule has 14 unspecified atom stereocenters. The molecule has 0 N–H and O–H groups in total. The van der Waals surface area contributed by atoms with Crippen LogP contribution in [0.1, 0.15) is 142 Å². The number of hydrogen-bond donors (Lipinski definition) is 0. The molecule has 10 aliphatic rings. The minimum absolute atomic E-state index is 0.243. The average Bonchev–Trinajstić information content (AvgIpc) is 4.40. The van der Waals surface area contributed by atoms with Gasteiger partial charge in [-0.15, -0.1) is 0 Å². The first kappa shape index (κ1) is 59.0. The molecule has 8 bridgehead atoms. The van der Waals surface area contributed by atoms with E-state index in [1.165, 1.54) is 122 Å². The summed E-state index contributed by atoms with van der Waals surface area (Å²) in [5.74, 6) is 14.1. The molecular formula is C64H84F4O8S4. The van der Waals surface area contributed by atoms with E-state index in [0.717, 1.165) is 62.2 Å². The lowest BCUT2D eigenvalue weighted by atomic mass is 9.67. The Labute approximate surface area is 479 Å². The summed E-state index contributed by atoms with van der Waals surface area (Å²) < 4.78 is 130. The van der Waals surface area contributed by atoms with Crippen molar-refractivity contribution in [1.82, 2.24) is 0 Å². The maximum atomic E-state index is 13.5. The lowest BCUT2D eigenvalue weighted by molar-refractivity contribution is 0.0176. The molecule has 440 valence electrons. The number of fused-ring (bicyclic) bond motifs is 20. The fourth-order valence-electron chi connectivity index (χ4n) is 18.3. The second kappa shape index (κ2) is 24.3. The summed E-state index contributed by atoms with van der Waals surface area (Å²) in [5.41, 5.74) is 0. The molecule has 14 atom stereocenters. The molecule has 4 aromatic carbocycles. The number of halogens is 4. The zero-order chi connectivity index (χ0) is 56.1. The van der Waals surface area contributed by atoms with Crippen LogP contribution in [0.4, 0.5) is 17.6 Å². The third-order valence-corrected chi connectivity index (χ3v) is 28.2. The zero-order valence-corrected chi connectivity index (χ0v) is 50.1. The second-order valence-electron chi connectivity index (χ2n) is 25.7. The van der Waals surface area contributed by atoms with Gasteiger partial charge in [0.1, 0.15) is 34.5 Å². The van der Waals surface area contributed by atoms with Gasteiger partial charge in [-0.1, -0.05) is 63.1 Å². The molecule has 0 radical (unpaired) electrons. The van der Waals surface area contributed by atoms with E-state index in [4.69, 9.17) is 9.47 Å². The third-order valence-electron chi connectivity index (χ3n) is 21.4. The first-order valence-electron chi connectivity index (χ1n) is 30.7. The Morgan fingerprint density at radius 1 is 0.475 bits per heavy atom. The van der Waals surface area contributed by atoms with E-state index in [1.54, 1.807) is 9.79 Å². The van der Waals surface area contributed by atoms with Gasteiger partial charge in [0, 0.05) is 56.2 Å². The van der Waals surface area contributed by atoms with Crippen molar-refractivity contribution in [1.29, 1.82) is 0 Å². The minimum atomic E-state index is -5.52. The van der Waals surface area contributed by atoms with Gasteiger partial charge in [-0.05, 0) is 222 Å².